The van der Waals surface area contributed by atoms with E-state index in [2.05, 4.69) is 21.4 Å². The van der Waals surface area contributed by atoms with E-state index in [1.54, 1.807) is 6.92 Å². The van der Waals surface area contributed by atoms with Crippen LogP contribution in [0.5, 0.6) is 5.75 Å². The number of rotatable bonds is 7. The average molecular weight is 439 g/mol. The maximum atomic E-state index is 12.7. The highest BCUT2D eigenvalue weighted by Crippen LogP contribution is 2.30. The van der Waals surface area contributed by atoms with Crippen LogP contribution in [-0.4, -0.2) is 27.7 Å². The number of nitriles is 1. The molecule has 0 aliphatic heterocycles. The predicted octanol–water partition coefficient (Wildman–Crippen LogP) is 5.21. The Morgan fingerprint density at radius 1 is 1.30 bits per heavy atom. The van der Waals surface area contributed by atoms with Crippen LogP contribution >= 0.6 is 23.1 Å². The summed E-state index contributed by atoms with van der Waals surface area (Å²) in [6.45, 7) is 8.11. The van der Waals surface area contributed by atoms with Crippen molar-refractivity contribution in [3.63, 3.8) is 0 Å². The number of aryl methyl sites for hydroxylation is 2. The summed E-state index contributed by atoms with van der Waals surface area (Å²) in [5, 5.41) is 14.9. The van der Waals surface area contributed by atoms with E-state index in [9.17, 15) is 10.1 Å². The molecule has 2 heterocycles. The van der Waals surface area contributed by atoms with Gasteiger partial charge in [0, 0.05) is 16.6 Å². The van der Waals surface area contributed by atoms with Gasteiger partial charge in [0.05, 0.1) is 23.1 Å². The number of benzene rings is 1. The Bertz CT molecular complexity index is 1090. The molecule has 3 aromatic rings. The standard InChI is InChI=1S/C22H22N4O2S2/c1-5-28-17-8-6-16(7-9-17)19-12-29-22(25-19)26-20(27)15(4)30-21-18(11-23)13(2)10-14(3)24-21/h6-10,12,15H,5H2,1-4H3,(H,25,26,27). The zero-order valence-electron chi connectivity index (χ0n) is 17.2. The average Bonchev–Trinajstić information content (AvgIpc) is 3.17. The number of pyridine rings is 1. The quantitative estimate of drug-likeness (QED) is 0.509. The first kappa shape index (κ1) is 21.8. The van der Waals surface area contributed by atoms with Crippen LogP contribution < -0.4 is 10.1 Å². The summed E-state index contributed by atoms with van der Waals surface area (Å²) in [5.41, 5.74) is 3.94. The lowest BCUT2D eigenvalue weighted by Crippen LogP contribution is -2.22. The molecule has 0 fully saturated rings. The highest BCUT2D eigenvalue weighted by molar-refractivity contribution is 8.00. The van der Waals surface area contributed by atoms with Crippen molar-refractivity contribution in [1.29, 1.82) is 5.26 Å². The van der Waals surface area contributed by atoms with Crippen LogP contribution in [0.3, 0.4) is 0 Å². The normalized spacial score (nSPS) is 11.6. The molecule has 1 aromatic carbocycles. The number of anilines is 1. The van der Waals surface area contributed by atoms with Crippen LogP contribution in [-0.2, 0) is 4.79 Å². The predicted molar refractivity (Wildman–Crippen MR) is 121 cm³/mol. The number of nitrogens with one attached hydrogen (secondary N) is 1. The fourth-order valence-corrected chi connectivity index (χ4v) is 4.55. The molecule has 154 valence electrons. The lowest BCUT2D eigenvalue weighted by molar-refractivity contribution is -0.115. The third kappa shape index (κ3) is 5.17. The molecule has 0 spiro atoms. The highest BCUT2D eigenvalue weighted by atomic mass is 32.2. The Labute approximate surface area is 184 Å². The van der Waals surface area contributed by atoms with Crippen LogP contribution in [0.2, 0.25) is 0 Å². The van der Waals surface area contributed by atoms with Gasteiger partial charge in [0.2, 0.25) is 5.91 Å². The smallest absolute Gasteiger partial charge is 0.239 e. The van der Waals surface area contributed by atoms with Crippen molar-refractivity contribution in [2.45, 2.75) is 38.0 Å². The molecule has 1 amide bonds. The maximum Gasteiger partial charge on any atom is 0.239 e. The van der Waals surface area contributed by atoms with E-state index < -0.39 is 5.25 Å². The second kappa shape index (κ2) is 9.74. The van der Waals surface area contributed by atoms with Crippen LogP contribution in [0.1, 0.15) is 30.7 Å². The van der Waals surface area contributed by atoms with Crippen LogP contribution in [0.15, 0.2) is 40.7 Å². The zero-order valence-corrected chi connectivity index (χ0v) is 18.9. The topological polar surface area (TPSA) is 87.9 Å². The summed E-state index contributed by atoms with van der Waals surface area (Å²) in [7, 11) is 0. The van der Waals surface area contributed by atoms with Crippen LogP contribution in [0.25, 0.3) is 11.3 Å². The van der Waals surface area contributed by atoms with E-state index >= 15 is 0 Å². The van der Waals surface area contributed by atoms with Gasteiger partial charge in [-0.1, -0.05) is 11.8 Å². The fraction of sp³-hybridized carbons (Fsp3) is 0.273. The summed E-state index contributed by atoms with van der Waals surface area (Å²) < 4.78 is 5.46. The molecule has 1 atom stereocenters. The Morgan fingerprint density at radius 2 is 2.03 bits per heavy atom. The number of thiazole rings is 1. The molecule has 3 rings (SSSR count). The Hall–Kier alpha value is -2.89. The van der Waals surface area contributed by atoms with Crippen molar-refractivity contribution in [2.24, 2.45) is 0 Å². The van der Waals surface area contributed by atoms with Crippen molar-refractivity contribution in [3.05, 3.63) is 52.5 Å². The SMILES string of the molecule is CCOc1ccc(-c2csc(NC(=O)C(C)Sc3nc(C)cc(C)c3C#N)n2)cc1. The first-order valence-corrected chi connectivity index (χ1v) is 11.2. The Kier molecular flexibility index (Phi) is 7.08. The van der Waals surface area contributed by atoms with Crippen molar-refractivity contribution in [1.82, 2.24) is 9.97 Å². The van der Waals surface area contributed by atoms with Crippen molar-refractivity contribution >= 4 is 34.1 Å². The number of carbonyl (C=O) groups is 1. The minimum atomic E-state index is -0.427. The van der Waals surface area contributed by atoms with Gasteiger partial charge in [-0.2, -0.15) is 5.26 Å². The Morgan fingerprint density at radius 3 is 2.70 bits per heavy atom. The number of hydrogen-bond acceptors (Lipinski definition) is 7. The Balaban J connectivity index is 1.67. The van der Waals surface area contributed by atoms with Crippen molar-refractivity contribution in [3.8, 4) is 23.1 Å². The molecular weight excluding hydrogens is 416 g/mol. The number of thioether (sulfide) groups is 1. The highest BCUT2D eigenvalue weighted by Gasteiger charge is 2.20. The minimum Gasteiger partial charge on any atom is -0.494 e. The molecule has 6 nitrogen and oxygen atoms in total. The van der Waals surface area contributed by atoms with Gasteiger partial charge in [0.1, 0.15) is 16.8 Å². The number of ether oxygens (including phenoxy) is 1. The fourth-order valence-electron chi connectivity index (χ4n) is 2.80. The lowest BCUT2D eigenvalue weighted by atomic mass is 10.1. The van der Waals surface area contributed by atoms with Crippen molar-refractivity contribution < 1.29 is 9.53 Å². The molecule has 0 bridgehead atoms. The molecule has 0 radical (unpaired) electrons. The van der Waals surface area contributed by atoms with E-state index in [0.29, 0.717) is 22.3 Å². The third-order valence-electron chi connectivity index (χ3n) is 4.28. The molecular formula is C22H22N4O2S2. The summed E-state index contributed by atoms with van der Waals surface area (Å²) in [5.74, 6) is 0.630. The van der Waals surface area contributed by atoms with E-state index in [0.717, 1.165) is 28.3 Å². The zero-order chi connectivity index (χ0) is 21.7. The van der Waals surface area contributed by atoms with E-state index in [1.807, 2.05) is 56.5 Å². The monoisotopic (exact) mass is 438 g/mol. The number of nitrogens with zero attached hydrogens (tertiary/aromatic N) is 3. The van der Waals surface area contributed by atoms with Gasteiger partial charge in [-0.25, -0.2) is 9.97 Å². The van der Waals surface area contributed by atoms with Gasteiger partial charge in [-0.05, 0) is 63.6 Å². The molecule has 0 aliphatic carbocycles. The minimum absolute atomic E-state index is 0.183. The number of aromatic nitrogens is 2. The molecule has 1 unspecified atom stereocenters. The van der Waals surface area contributed by atoms with Crippen LogP contribution in [0, 0.1) is 25.2 Å². The van der Waals surface area contributed by atoms with Crippen LogP contribution in [0.4, 0.5) is 5.13 Å². The van der Waals surface area contributed by atoms with Gasteiger partial charge in [-0.3, -0.25) is 4.79 Å². The maximum absolute atomic E-state index is 12.7. The molecule has 0 saturated carbocycles. The van der Waals surface area contributed by atoms with Gasteiger partial charge in [0.15, 0.2) is 5.13 Å². The first-order valence-electron chi connectivity index (χ1n) is 9.46. The van der Waals surface area contributed by atoms with Gasteiger partial charge in [0.25, 0.3) is 0 Å². The van der Waals surface area contributed by atoms with Gasteiger partial charge in [-0.15, -0.1) is 11.3 Å². The van der Waals surface area contributed by atoms with E-state index in [-0.39, 0.29) is 5.91 Å². The van der Waals surface area contributed by atoms with E-state index in [1.165, 1.54) is 23.1 Å². The lowest BCUT2D eigenvalue weighted by Gasteiger charge is -2.12. The molecule has 0 saturated heterocycles. The summed E-state index contributed by atoms with van der Waals surface area (Å²) in [4.78, 5) is 21.6. The largest absolute Gasteiger partial charge is 0.494 e. The molecule has 0 aliphatic rings. The molecule has 8 heteroatoms. The number of carbonyl (C=O) groups excluding carboxylic acids is 1. The molecule has 30 heavy (non-hydrogen) atoms. The second-order valence-electron chi connectivity index (χ2n) is 6.62. The van der Waals surface area contributed by atoms with Gasteiger partial charge < -0.3 is 10.1 Å². The summed E-state index contributed by atoms with van der Waals surface area (Å²) >= 11 is 2.65. The van der Waals surface area contributed by atoms with E-state index in [4.69, 9.17) is 4.74 Å². The second-order valence-corrected chi connectivity index (χ2v) is 8.80. The third-order valence-corrected chi connectivity index (χ3v) is 6.12. The van der Waals surface area contributed by atoms with Crippen molar-refractivity contribution in [2.75, 3.05) is 11.9 Å². The molecule has 1 N–H and O–H groups in total. The molecule has 2 aromatic heterocycles. The van der Waals surface area contributed by atoms with Gasteiger partial charge >= 0.3 is 0 Å². The summed E-state index contributed by atoms with van der Waals surface area (Å²) in [6.07, 6.45) is 0. The number of amides is 1. The summed E-state index contributed by atoms with van der Waals surface area (Å²) in [6, 6.07) is 11.7. The first-order chi connectivity index (χ1) is 14.4. The number of hydrogen-bond donors (Lipinski definition) is 1.